The summed E-state index contributed by atoms with van der Waals surface area (Å²) in [5.41, 5.74) is -1.44. The highest BCUT2D eigenvalue weighted by atomic mass is 35.5. The second kappa shape index (κ2) is 7.67. The fourth-order valence-electron chi connectivity index (χ4n) is 2.17. The number of carbonyl (C=O) groups is 1. The number of hydrogen-bond donors (Lipinski definition) is 2. The molecule has 0 unspecified atom stereocenters. The lowest BCUT2D eigenvalue weighted by molar-refractivity contribution is -0.136. The highest BCUT2D eigenvalue weighted by molar-refractivity contribution is 6.30. The van der Waals surface area contributed by atoms with Crippen LogP contribution in [0, 0.1) is 0 Å². The molecule has 2 aromatic heterocycles. The molecular formula is C17H12ClF3N4O2. The first-order valence-corrected chi connectivity index (χ1v) is 7.97. The van der Waals surface area contributed by atoms with Crippen LogP contribution in [0.2, 0.25) is 5.02 Å². The number of amides is 1. The van der Waals surface area contributed by atoms with Crippen LogP contribution in [0.4, 0.5) is 24.8 Å². The number of carbonyl (C=O) groups excluding carboxylic acids is 1. The SMILES string of the molecule is O=C(Nc1ccc(Cl)cc1C(F)(F)F)c1cnc(NCc2ccco2)nc1. The number of furan rings is 1. The van der Waals surface area contributed by atoms with Crippen LogP contribution < -0.4 is 10.6 Å². The van der Waals surface area contributed by atoms with Crippen molar-refractivity contribution >= 4 is 29.1 Å². The Kier molecular flexibility index (Phi) is 5.31. The molecule has 0 saturated heterocycles. The maximum atomic E-state index is 13.1. The van der Waals surface area contributed by atoms with Crippen LogP contribution >= 0.6 is 11.6 Å². The van der Waals surface area contributed by atoms with Gasteiger partial charge in [0.15, 0.2) is 0 Å². The summed E-state index contributed by atoms with van der Waals surface area (Å²) in [6.07, 6.45) is -0.729. The minimum atomic E-state index is -4.66. The maximum Gasteiger partial charge on any atom is 0.418 e. The van der Waals surface area contributed by atoms with Crippen LogP contribution in [-0.2, 0) is 12.7 Å². The molecule has 6 nitrogen and oxygen atoms in total. The number of halogens is 4. The van der Waals surface area contributed by atoms with Gasteiger partial charge in [-0.2, -0.15) is 13.2 Å². The quantitative estimate of drug-likeness (QED) is 0.658. The van der Waals surface area contributed by atoms with Gasteiger partial charge in [0.25, 0.3) is 5.91 Å². The third-order valence-electron chi connectivity index (χ3n) is 3.45. The van der Waals surface area contributed by atoms with E-state index in [0.717, 1.165) is 12.1 Å². The Bertz CT molecular complexity index is 928. The summed E-state index contributed by atoms with van der Waals surface area (Å²) >= 11 is 5.61. The van der Waals surface area contributed by atoms with Gasteiger partial charge in [-0.1, -0.05) is 11.6 Å². The molecule has 0 aliphatic heterocycles. The summed E-state index contributed by atoms with van der Waals surface area (Å²) in [4.78, 5) is 20.1. The van der Waals surface area contributed by atoms with Gasteiger partial charge in [0.05, 0.1) is 29.6 Å². The molecule has 10 heteroatoms. The highest BCUT2D eigenvalue weighted by Gasteiger charge is 2.34. The van der Waals surface area contributed by atoms with Gasteiger partial charge in [-0.15, -0.1) is 0 Å². The molecule has 0 atom stereocenters. The first kappa shape index (κ1) is 18.7. The maximum absolute atomic E-state index is 13.1. The molecule has 0 bridgehead atoms. The number of nitrogens with zero attached hydrogens (tertiary/aromatic N) is 2. The number of nitrogens with one attached hydrogen (secondary N) is 2. The van der Waals surface area contributed by atoms with Crippen LogP contribution in [0.3, 0.4) is 0 Å². The van der Waals surface area contributed by atoms with Gasteiger partial charge in [0.1, 0.15) is 5.76 Å². The zero-order valence-corrected chi connectivity index (χ0v) is 14.3. The highest BCUT2D eigenvalue weighted by Crippen LogP contribution is 2.36. The Labute approximate surface area is 156 Å². The standard InChI is InChI=1S/C17H12ClF3N4O2/c18-11-3-4-14(13(6-11)17(19,20)21)25-15(26)10-7-22-16(23-8-10)24-9-12-2-1-5-27-12/h1-8H,9H2,(H,25,26)(H,22,23,24). The number of aromatic nitrogens is 2. The average Bonchev–Trinajstić information content (AvgIpc) is 3.14. The predicted octanol–water partition coefficient (Wildman–Crippen LogP) is 4.61. The van der Waals surface area contributed by atoms with Crippen molar-refractivity contribution in [2.24, 2.45) is 0 Å². The normalized spacial score (nSPS) is 11.3. The molecule has 1 aromatic carbocycles. The van der Waals surface area contributed by atoms with Crippen molar-refractivity contribution < 1.29 is 22.4 Å². The lowest BCUT2D eigenvalue weighted by Crippen LogP contribution is -2.17. The fourth-order valence-corrected chi connectivity index (χ4v) is 2.34. The molecule has 27 heavy (non-hydrogen) atoms. The zero-order valence-electron chi connectivity index (χ0n) is 13.5. The third kappa shape index (κ3) is 4.76. The summed E-state index contributed by atoms with van der Waals surface area (Å²) in [6, 6.07) is 6.58. The van der Waals surface area contributed by atoms with Gasteiger partial charge in [-0.25, -0.2) is 9.97 Å². The molecule has 0 spiro atoms. The molecule has 2 heterocycles. The van der Waals surface area contributed by atoms with Gasteiger partial charge >= 0.3 is 6.18 Å². The largest absolute Gasteiger partial charge is 0.467 e. The van der Waals surface area contributed by atoms with E-state index in [1.54, 1.807) is 12.1 Å². The van der Waals surface area contributed by atoms with Gasteiger partial charge in [0.2, 0.25) is 5.95 Å². The number of anilines is 2. The summed E-state index contributed by atoms with van der Waals surface area (Å²) in [5, 5.41) is 5.00. The van der Waals surface area contributed by atoms with E-state index >= 15 is 0 Å². The van der Waals surface area contributed by atoms with E-state index in [4.69, 9.17) is 16.0 Å². The molecular weight excluding hydrogens is 385 g/mol. The Balaban J connectivity index is 1.70. The van der Waals surface area contributed by atoms with Crippen molar-refractivity contribution in [2.45, 2.75) is 12.7 Å². The van der Waals surface area contributed by atoms with Crippen molar-refractivity contribution in [2.75, 3.05) is 10.6 Å². The molecule has 0 saturated carbocycles. The summed E-state index contributed by atoms with van der Waals surface area (Å²) < 4.78 is 44.4. The third-order valence-corrected chi connectivity index (χ3v) is 3.69. The zero-order chi connectivity index (χ0) is 19.4. The van der Waals surface area contributed by atoms with E-state index in [9.17, 15) is 18.0 Å². The van der Waals surface area contributed by atoms with Crippen molar-refractivity contribution in [1.82, 2.24) is 9.97 Å². The van der Waals surface area contributed by atoms with E-state index in [-0.39, 0.29) is 16.5 Å². The molecule has 2 N–H and O–H groups in total. The van der Waals surface area contributed by atoms with Crippen LogP contribution in [0.1, 0.15) is 21.7 Å². The number of benzene rings is 1. The van der Waals surface area contributed by atoms with Crippen molar-refractivity contribution in [3.05, 3.63) is 70.9 Å². The summed E-state index contributed by atoms with van der Waals surface area (Å²) in [6.45, 7) is 0.345. The van der Waals surface area contributed by atoms with Gasteiger partial charge < -0.3 is 15.1 Å². The van der Waals surface area contributed by atoms with E-state index in [2.05, 4.69) is 20.6 Å². The molecule has 140 valence electrons. The van der Waals surface area contributed by atoms with Gasteiger partial charge in [-0.3, -0.25) is 4.79 Å². The smallest absolute Gasteiger partial charge is 0.418 e. The fraction of sp³-hybridized carbons (Fsp3) is 0.118. The molecule has 0 aliphatic rings. The second-order valence-electron chi connectivity index (χ2n) is 5.37. The number of alkyl halides is 3. The van der Waals surface area contributed by atoms with Crippen LogP contribution in [-0.4, -0.2) is 15.9 Å². The second-order valence-corrected chi connectivity index (χ2v) is 5.81. The van der Waals surface area contributed by atoms with Crippen LogP contribution in [0.5, 0.6) is 0 Å². The Morgan fingerprint density at radius 2 is 1.93 bits per heavy atom. The van der Waals surface area contributed by atoms with E-state index in [1.165, 1.54) is 24.7 Å². The van der Waals surface area contributed by atoms with Crippen molar-refractivity contribution in [3.63, 3.8) is 0 Å². The molecule has 3 rings (SSSR count). The van der Waals surface area contributed by atoms with Gasteiger partial charge in [-0.05, 0) is 30.3 Å². The molecule has 1 amide bonds. The Hall–Kier alpha value is -3.07. The molecule has 0 radical (unpaired) electrons. The molecule has 3 aromatic rings. The van der Waals surface area contributed by atoms with E-state index in [0.29, 0.717) is 12.3 Å². The Morgan fingerprint density at radius 1 is 1.19 bits per heavy atom. The van der Waals surface area contributed by atoms with Gasteiger partial charge in [0, 0.05) is 17.4 Å². The number of rotatable bonds is 5. The lowest BCUT2D eigenvalue weighted by Gasteiger charge is -2.14. The lowest BCUT2D eigenvalue weighted by atomic mass is 10.1. The topological polar surface area (TPSA) is 80.0 Å². The first-order chi connectivity index (χ1) is 12.8. The van der Waals surface area contributed by atoms with E-state index < -0.39 is 23.3 Å². The van der Waals surface area contributed by atoms with E-state index in [1.807, 2.05) is 0 Å². The van der Waals surface area contributed by atoms with Crippen molar-refractivity contribution in [3.8, 4) is 0 Å². The molecule has 0 fully saturated rings. The molecule has 0 aliphatic carbocycles. The average molecular weight is 397 g/mol. The van der Waals surface area contributed by atoms with Crippen molar-refractivity contribution in [1.29, 1.82) is 0 Å². The minimum Gasteiger partial charge on any atom is -0.467 e. The summed E-state index contributed by atoms with van der Waals surface area (Å²) in [7, 11) is 0. The summed E-state index contributed by atoms with van der Waals surface area (Å²) in [5.74, 6) is 0.133. The van der Waals surface area contributed by atoms with Crippen LogP contribution in [0.25, 0.3) is 0 Å². The number of hydrogen-bond acceptors (Lipinski definition) is 5. The first-order valence-electron chi connectivity index (χ1n) is 7.59. The Morgan fingerprint density at radius 3 is 2.56 bits per heavy atom. The predicted molar refractivity (Wildman–Crippen MR) is 92.5 cm³/mol. The monoisotopic (exact) mass is 396 g/mol. The minimum absolute atomic E-state index is 0.00150. The van der Waals surface area contributed by atoms with Crippen LogP contribution in [0.15, 0.2) is 53.4 Å².